The third-order valence-corrected chi connectivity index (χ3v) is 5.23. The van der Waals surface area contributed by atoms with E-state index in [2.05, 4.69) is 9.97 Å². The molecule has 0 aliphatic carbocycles. The Morgan fingerprint density at radius 2 is 1.93 bits per heavy atom. The first kappa shape index (κ1) is 20.5. The Hall–Kier alpha value is -3.21. The van der Waals surface area contributed by atoms with Gasteiger partial charge in [-0.2, -0.15) is 0 Å². The van der Waals surface area contributed by atoms with E-state index in [0.29, 0.717) is 17.3 Å². The number of nitrogens with one attached hydrogen (secondary N) is 1. The van der Waals surface area contributed by atoms with Crippen LogP contribution in [0.2, 0.25) is 0 Å². The number of aryl methyl sites for hydroxylation is 1. The predicted molar refractivity (Wildman–Crippen MR) is 109 cm³/mol. The lowest BCUT2D eigenvalue weighted by Gasteiger charge is -2.10. The van der Waals surface area contributed by atoms with Gasteiger partial charge in [-0.05, 0) is 18.1 Å². The van der Waals surface area contributed by atoms with Gasteiger partial charge in [0.25, 0.3) is 11.2 Å². The van der Waals surface area contributed by atoms with E-state index in [-0.39, 0.29) is 34.3 Å². The normalized spacial score (nSPS) is 11.3. The number of H-pyrrole nitrogens is 1. The number of carbonyl (C=O) groups excluding carboxylic acids is 1. The zero-order valence-corrected chi connectivity index (χ0v) is 16.9. The van der Waals surface area contributed by atoms with Gasteiger partial charge in [0.15, 0.2) is 22.1 Å². The van der Waals surface area contributed by atoms with Gasteiger partial charge in [0, 0.05) is 31.3 Å². The topological polar surface area (TPSA) is 133 Å². The van der Waals surface area contributed by atoms with Crippen LogP contribution in [0, 0.1) is 16.0 Å². The molecule has 0 saturated heterocycles. The fourth-order valence-electron chi connectivity index (χ4n) is 2.84. The number of benzene rings is 1. The lowest BCUT2D eigenvalue weighted by molar-refractivity contribution is -0.384. The Balaban J connectivity index is 1.93. The number of hydrogen-bond acceptors (Lipinski definition) is 7. The number of fused-ring (bicyclic) bond motifs is 1. The van der Waals surface area contributed by atoms with Crippen LogP contribution in [0.25, 0.3) is 11.2 Å². The lowest BCUT2D eigenvalue weighted by Crippen LogP contribution is -2.29. The molecular formula is C18H19N5O5S. The molecule has 2 aromatic heterocycles. The number of aromatic nitrogens is 4. The summed E-state index contributed by atoms with van der Waals surface area (Å²) < 4.78 is 2.97. The molecule has 0 radical (unpaired) electrons. The van der Waals surface area contributed by atoms with E-state index in [4.69, 9.17) is 0 Å². The number of non-ortho nitro benzene ring substituents is 1. The number of imidazole rings is 1. The Labute approximate surface area is 168 Å². The van der Waals surface area contributed by atoms with E-state index in [1.54, 1.807) is 4.57 Å². The van der Waals surface area contributed by atoms with E-state index >= 15 is 0 Å². The highest BCUT2D eigenvalue weighted by Gasteiger charge is 2.19. The molecule has 0 fully saturated rings. The van der Waals surface area contributed by atoms with Crippen molar-refractivity contribution in [2.75, 3.05) is 5.75 Å². The SMILES string of the molecule is CC(C)Cn1c(SCC(=O)c2ccc([N+](=O)[O-])cc2)nc2c1c(=O)[nH]c(=O)n2C. The molecule has 0 unspecified atom stereocenters. The van der Waals surface area contributed by atoms with Crippen molar-refractivity contribution in [2.24, 2.45) is 13.0 Å². The van der Waals surface area contributed by atoms with Crippen molar-refractivity contribution in [3.63, 3.8) is 0 Å². The molecule has 11 heteroatoms. The molecule has 0 saturated carbocycles. The number of nitrogens with zero attached hydrogens (tertiary/aromatic N) is 4. The van der Waals surface area contributed by atoms with Gasteiger partial charge in [0.2, 0.25) is 0 Å². The maximum Gasteiger partial charge on any atom is 0.329 e. The molecule has 0 spiro atoms. The van der Waals surface area contributed by atoms with Crippen molar-refractivity contribution < 1.29 is 9.72 Å². The first-order valence-electron chi connectivity index (χ1n) is 8.79. The average molecular weight is 417 g/mol. The fourth-order valence-corrected chi connectivity index (χ4v) is 3.74. The van der Waals surface area contributed by atoms with Crippen LogP contribution in [0.1, 0.15) is 24.2 Å². The summed E-state index contributed by atoms with van der Waals surface area (Å²) >= 11 is 1.15. The van der Waals surface area contributed by atoms with Gasteiger partial charge >= 0.3 is 5.69 Å². The summed E-state index contributed by atoms with van der Waals surface area (Å²) in [6.07, 6.45) is 0. The van der Waals surface area contributed by atoms with Crippen molar-refractivity contribution in [1.82, 2.24) is 19.1 Å². The number of thioether (sulfide) groups is 1. The van der Waals surface area contributed by atoms with Crippen LogP contribution < -0.4 is 11.2 Å². The second kappa shape index (κ2) is 8.03. The van der Waals surface area contributed by atoms with Crippen molar-refractivity contribution in [3.8, 4) is 0 Å². The number of nitro benzene ring substituents is 1. The molecule has 0 aliphatic rings. The molecule has 10 nitrogen and oxygen atoms in total. The maximum atomic E-state index is 12.5. The Morgan fingerprint density at radius 3 is 2.52 bits per heavy atom. The van der Waals surface area contributed by atoms with Crippen LogP contribution in [0.5, 0.6) is 0 Å². The van der Waals surface area contributed by atoms with E-state index < -0.39 is 16.2 Å². The smallest absolute Gasteiger partial charge is 0.313 e. The third kappa shape index (κ3) is 4.14. The van der Waals surface area contributed by atoms with E-state index in [1.807, 2.05) is 13.8 Å². The van der Waals surface area contributed by atoms with Crippen molar-refractivity contribution >= 4 is 34.4 Å². The number of aromatic amines is 1. The molecule has 0 amide bonds. The fraction of sp³-hybridized carbons (Fsp3) is 0.333. The molecule has 0 atom stereocenters. The van der Waals surface area contributed by atoms with E-state index in [0.717, 1.165) is 11.8 Å². The molecule has 0 aliphatic heterocycles. The number of nitro groups is 1. The minimum atomic E-state index is -0.560. The van der Waals surface area contributed by atoms with Crippen LogP contribution in [-0.2, 0) is 13.6 Å². The highest BCUT2D eigenvalue weighted by molar-refractivity contribution is 7.99. The molecular weight excluding hydrogens is 398 g/mol. The second-order valence-corrected chi connectivity index (χ2v) is 7.85. The first-order valence-corrected chi connectivity index (χ1v) is 9.77. The zero-order valence-electron chi connectivity index (χ0n) is 16.0. The van der Waals surface area contributed by atoms with Crippen LogP contribution in [0.4, 0.5) is 5.69 Å². The Bertz CT molecular complexity index is 1210. The highest BCUT2D eigenvalue weighted by atomic mass is 32.2. The highest BCUT2D eigenvalue weighted by Crippen LogP contribution is 2.24. The monoisotopic (exact) mass is 417 g/mol. The van der Waals surface area contributed by atoms with Crippen molar-refractivity contribution in [3.05, 3.63) is 60.8 Å². The minimum absolute atomic E-state index is 0.0328. The minimum Gasteiger partial charge on any atom is -0.313 e. The van der Waals surface area contributed by atoms with Crippen molar-refractivity contribution in [2.45, 2.75) is 25.5 Å². The van der Waals surface area contributed by atoms with Crippen LogP contribution in [-0.4, -0.2) is 35.6 Å². The van der Waals surface area contributed by atoms with E-state index in [9.17, 15) is 24.5 Å². The van der Waals surface area contributed by atoms with Crippen LogP contribution in [0.3, 0.4) is 0 Å². The number of carbonyl (C=O) groups is 1. The molecule has 3 rings (SSSR count). The summed E-state index contributed by atoms with van der Waals surface area (Å²) in [5.74, 6) is 0.00931. The summed E-state index contributed by atoms with van der Waals surface area (Å²) in [4.78, 5) is 53.6. The largest absolute Gasteiger partial charge is 0.329 e. The number of hydrogen-bond donors (Lipinski definition) is 1. The standard InChI is InChI=1S/C18H19N5O5S/c1-10(2)8-22-14-15(21(3)17(26)20-16(14)25)19-18(22)29-9-13(24)11-4-6-12(7-5-11)23(27)28/h4-7,10H,8-9H2,1-3H3,(H,20,25,26). The van der Waals surface area contributed by atoms with Crippen molar-refractivity contribution in [1.29, 1.82) is 0 Å². The molecule has 152 valence electrons. The average Bonchev–Trinajstić information content (AvgIpc) is 3.02. The van der Waals surface area contributed by atoms with E-state index in [1.165, 1.54) is 35.9 Å². The summed E-state index contributed by atoms with van der Waals surface area (Å²) in [6.45, 7) is 4.46. The van der Waals surface area contributed by atoms with Gasteiger partial charge in [-0.25, -0.2) is 9.78 Å². The van der Waals surface area contributed by atoms with Crippen LogP contribution >= 0.6 is 11.8 Å². The lowest BCUT2D eigenvalue weighted by atomic mass is 10.1. The number of ketones is 1. The van der Waals surface area contributed by atoms with Gasteiger partial charge in [-0.1, -0.05) is 25.6 Å². The maximum absolute atomic E-state index is 12.5. The zero-order chi connectivity index (χ0) is 21.3. The summed E-state index contributed by atoms with van der Waals surface area (Å²) in [7, 11) is 1.52. The van der Waals surface area contributed by atoms with Gasteiger partial charge < -0.3 is 4.57 Å². The van der Waals surface area contributed by atoms with Gasteiger partial charge in [0.1, 0.15) is 0 Å². The van der Waals surface area contributed by atoms with Gasteiger partial charge in [0.05, 0.1) is 10.7 Å². The number of Topliss-reactive ketones (excluding diaryl/α,β-unsaturated/α-hetero) is 1. The predicted octanol–water partition coefficient (Wildman–Crippen LogP) is 1.96. The Kier molecular flexibility index (Phi) is 5.69. The quantitative estimate of drug-likeness (QED) is 0.269. The molecule has 3 aromatic rings. The molecule has 29 heavy (non-hydrogen) atoms. The summed E-state index contributed by atoms with van der Waals surface area (Å²) in [6, 6.07) is 5.38. The second-order valence-electron chi connectivity index (χ2n) is 6.91. The number of rotatable bonds is 7. The van der Waals surface area contributed by atoms with Crippen LogP contribution in [0.15, 0.2) is 39.0 Å². The summed E-state index contributed by atoms with van der Waals surface area (Å²) in [5.41, 5.74) is -0.288. The molecule has 0 bridgehead atoms. The Morgan fingerprint density at radius 1 is 1.28 bits per heavy atom. The molecule has 1 aromatic carbocycles. The first-order chi connectivity index (χ1) is 13.7. The molecule has 1 N–H and O–H groups in total. The van der Waals surface area contributed by atoms with Gasteiger partial charge in [-0.15, -0.1) is 0 Å². The molecule has 2 heterocycles. The third-order valence-electron chi connectivity index (χ3n) is 4.25. The van der Waals surface area contributed by atoms with Gasteiger partial charge in [-0.3, -0.25) is 29.3 Å². The summed E-state index contributed by atoms with van der Waals surface area (Å²) in [5, 5.41) is 11.2.